The number of para-hydroxylation sites is 1. The van der Waals surface area contributed by atoms with E-state index < -0.39 is 76.9 Å². The van der Waals surface area contributed by atoms with Gasteiger partial charge in [0.2, 0.25) is 11.8 Å². The monoisotopic (exact) mass is 909 g/mol. The molecule has 0 spiro atoms. The van der Waals surface area contributed by atoms with Gasteiger partial charge in [0.05, 0.1) is 80.4 Å². The fourth-order valence-corrected chi connectivity index (χ4v) is 7.34. The van der Waals surface area contributed by atoms with Gasteiger partial charge in [0.15, 0.2) is 0 Å². The number of esters is 2. The third-order valence-corrected chi connectivity index (χ3v) is 10.6. The maximum atomic E-state index is 13.8. The fourth-order valence-electron chi connectivity index (χ4n) is 7.34. The molecule has 1 saturated carbocycles. The molecule has 0 aliphatic heterocycles. The Kier molecular flexibility index (Phi) is 17.8. The van der Waals surface area contributed by atoms with E-state index in [-0.39, 0.29) is 119 Å². The van der Waals surface area contributed by atoms with Crippen LogP contribution in [0.25, 0.3) is 0 Å². The predicted molar refractivity (Wildman–Crippen MR) is 227 cm³/mol. The summed E-state index contributed by atoms with van der Waals surface area (Å²) in [5.74, 6) is -9.76. The van der Waals surface area contributed by atoms with Gasteiger partial charge in [-0.1, -0.05) is 37.1 Å². The van der Waals surface area contributed by atoms with Crippen LogP contribution in [0.1, 0.15) is 65.6 Å². The van der Waals surface area contributed by atoms with Crippen LogP contribution in [0.5, 0.6) is 0 Å². The molecule has 12 nitrogen and oxygen atoms in total. The molecule has 4 aromatic rings. The van der Waals surface area contributed by atoms with Gasteiger partial charge >= 0.3 is 89.4 Å². The second-order valence-electron chi connectivity index (χ2n) is 14.7. The molecule has 2 unspecified atom stereocenters. The Balaban J connectivity index is 0.00000449. The van der Waals surface area contributed by atoms with Crippen LogP contribution in [0, 0.1) is 35.0 Å². The van der Waals surface area contributed by atoms with Crippen LogP contribution in [-0.4, -0.2) is 93.9 Å². The Morgan fingerprint density at radius 3 is 1.69 bits per heavy atom. The van der Waals surface area contributed by atoms with Gasteiger partial charge in [0.25, 0.3) is 0 Å². The Bertz CT molecular complexity index is 2460. The van der Waals surface area contributed by atoms with E-state index in [2.05, 4.69) is 21.3 Å². The van der Waals surface area contributed by atoms with Gasteiger partial charge in [-0.05, 0) is 98.5 Å². The number of benzene rings is 4. The Morgan fingerprint density at radius 1 is 0.625 bits per heavy atom. The van der Waals surface area contributed by atoms with Crippen LogP contribution < -0.4 is 21.3 Å². The van der Waals surface area contributed by atoms with E-state index in [0.717, 1.165) is 30.3 Å². The van der Waals surface area contributed by atoms with E-state index >= 15 is 0 Å². The number of rotatable bonds is 11. The number of amides is 2. The second kappa shape index (κ2) is 22.2. The number of ether oxygens (including phenoxy) is 1. The summed E-state index contributed by atoms with van der Waals surface area (Å²) in [5.41, 5.74) is -2.45. The molecule has 2 aliphatic rings. The fraction of sp³-hybridized carbons (Fsp3) is 0.273. The van der Waals surface area contributed by atoms with Crippen LogP contribution in [0.3, 0.4) is 0 Å². The van der Waals surface area contributed by atoms with Crippen molar-refractivity contribution in [2.45, 2.75) is 50.9 Å². The topological polar surface area (TPSA) is 187 Å². The molecule has 64 heavy (non-hydrogen) atoms. The number of nitrogens with zero attached hydrogens (tertiary/aromatic N) is 1. The number of carboxylic acids is 1. The second-order valence-corrected chi connectivity index (χ2v) is 14.7. The number of hydrogen-bond acceptors (Lipinski definition) is 9. The summed E-state index contributed by atoms with van der Waals surface area (Å²) in [5, 5.41) is 29.4. The molecule has 2 aliphatic carbocycles. The molecule has 20 heteroatoms. The molecule has 1 fully saturated rings. The molecule has 0 bridgehead atoms. The molecule has 326 valence electrons. The van der Waals surface area contributed by atoms with E-state index in [1.807, 2.05) is 6.07 Å². The van der Waals surface area contributed by atoms with Crippen molar-refractivity contribution in [2.24, 2.45) is 23.7 Å². The van der Waals surface area contributed by atoms with Crippen LogP contribution in [0.4, 0.5) is 60.5 Å². The van der Waals surface area contributed by atoms with Crippen molar-refractivity contribution in [1.82, 2.24) is 0 Å². The van der Waals surface area contributed by atoms with E-state index in [4.69, 9.17) is 10.00 Å². The van der Waals surface area contributed by atoms with E-state index in [0.29, 0.717) is 30.2 Å². The SMILES string of the molecule is N#Cc1ccc(Nc2ccc(C(F)(F)F)cc2NC(=O)[C@@H]2CCCC[C@H]2C(=O)OC(=O)c2ccccc2Nc2ccc(C(F)(F)F)cc2NC(=O)C2CC=CCC2C(=O)O)cc1.[NaH].[NaH]. The van der Waals surface area contributed by atoms with Crippen molar-refractivity contribution in [3.05, 3.63) is 119 Å². The standard InChI is InChI=1S/C44H37F6N5O7.2Na.2H/c45-43(46,47)25-15-19-34(52-27-17-13-24(23-51)14-18-27)36(21-25)54-39(57)29-8-2-4-10-31(29)41(60)62-42(61)32-11-5-6-12-33(32)53-35-20-16-26(44(48,49)50)22-37(35)55-38(56)28-7-1-3-9-30(28)40(58)59;;;;/h1,3,5-6,11-22,28-31,52-53H,2,4,7-10H2,(H,54,57)(H,55,56)(H,58,59);;;;/t28?,29-,30?,31-;;;;/m1..../s1. The van der Waals surface area contributed by atoms with Crippen LogP contribution in [0.15, 0.2) is 97.1 Å². The molecular weight excluding hydrogens is 870 g/mol. The van der Waals surface area contributed by atoms with Gasteiger partial charge in [-0.2, -0.15) is 31.6 Å². The number of carbonyl (C=O) groups is 5. The van der Waals surface area contributed by atoms with Gasteiger partial charge in [-0.15, -0.1) is 0 Å². The van der Waals surface area contributed by atoms with Crippen LogP contribution in [-0.2, 0) is 36.3 Å². The van der Waals surface area contributed by atoms with Crippen molar-refractivity contribution < 1.29 is 60.2 Å². The molecule has 0 aromatic heterocycles. The van der Waals surface area contributed by atoms with Crippen molar-refractivity contribution in [3.8, 4) is 6.07 Å². The Labute approximate surface area is 406 Å². The summed E-state index contributed by atoms with van der Waals surface area (Å²) < 4.78 is 88.0. The van der Waals surface area contributed by atoms with Crippen LogP contribution in [0.2, 0.25) is 0 Å². The van der Waals surface area contributed by atoms with E-state index in [1.54, 1.807) is 12.2 Å². The summed E-state index contributed by atoms with van der Waals surface area (Å²) >= 11 is 0. The molecule has 0 heterocycles. The predicted octanol–water partition coefficient (Wildman–Crippen LogP) is 8.52. The number of nitrogens with one attached hydrogen (secondary N) is 4. The number of nitriles is 1. The average Bonchev–Trinajstić information content (AvgIpc) is 3.24. The minimum atomic E-state index is -4.83. The minimum absolute atomic E-state index is 0. The van der Waals surface area contributed by atoms with Crippen molar-refractivity contribution in [1.29, 1.82) is 5.26 Å². The number of anilines is 6. The van der Waals surface area contributed by atoms with Gasteiger partial charge in [-0.3, -0.25) is 19.2 Å². The molecule has 6 rings (SSSR count). The average molecular weight is 910 g/mol. The molecular formula is C44H39F6N5Na2O7. The molecule has 0 saturated heterocycles. The number of hydrogen-bond donors (Lipinski definition) is 5. The molecule has 0 radical (unpaired) electrons. The first-order valence-corrected chi connectivity index (χ1v) is 19.2. The number of alkyl halides is 6. The summed E-state index contributed by atoms with van der Waals surface area (Å²) in [4.78, 5) is 66.3. The van der Waals surface area contributed by atoms with Gasteiger partial charge < -0.3 is 31.1 Å². The molecule has 5 N–H and O–H groups in total. The van der Waals surface area contributed by atoms with Crippen molar-refractivity contribution >= 4 is 123 Å². The van der Waals surface area contributed by atoms with E-state index in [9.17, 15) is 55.4 Å². The first-order chi connectivity index (χ1) is 29.4. The van der Waals surface area contributed by atoms with Crippen molar-refractivity contribution in [3.63, 3.8) is 0 Å². The summed E-state index contributed by atoms with van der Waals surface area (Å²) in [7, 11) is 0. The zero-order valence-electron chi connectivity index (χ0n) is 32.4. The third-order valence-electron chi connectivity index (χ3n) is 10.6. The zero-order chi connectivity index (χ0) is 44.8. The number of aliphatic carboxylic acids is 1. The Hall–Kier alpha value is -5.16. The first kappa shape index (κ1) is 51.5. The quantitative estimate of drug-likeness (QED) is 0.0321. The van der Waals surface area contributed by atoms with E-state index in [1.165, 1.54) is 48.5 Å². The first-order valence-electron chi connectivity index (χ1n) is 19.2. The third kappa shape index (κ3) is 12.8. The van der Waals surface area contributed by atoms with Crippen molar-refractivity contribution in [2.75, 3.05) is 21.3 Å². The van der Waals surface area contributed by atoms with Gasteiger partial charge in [-0.25, -0.2) is 4.79 Å². The zero-order valence-corrected chi connectivity index (χ0v) is 32.4. The summed E-state index contributed by atoms with van der Waals surface area (Å²) in [6.45, 7) is 0. The number of allylic oxidation sites excluding steroid dienone is 2. The normalized spacial score (nSPS) is 18.1. The number of carboxylic acid groups (broad SMARTS) is 1. The molecule has 4 atom stereocenters. The molecule has 4 aromatic carbocycles. The number of halogens is 6. The van der Waals surface area contributed by atoms with Crippen LogP contribution >= 0.6 is 0 Å². The molecule has 2 amide bonds. The number of carbonyl (C=O) groups excluding carboxylic acids is 4. The Morgan fingerprint density at radius 2 is 1.14 bits per heavy atom. The van der Waals surface area contributed by atoms with Gasteiger partial charge in [0.1, 0.15) is 0 Å². The maximum absolute atomic E-state index is 13.8. The van der Waals surface area contributed by atoms with Gasteiger partial charge in [0, 0.05) is 5.69 Å². The summed E-state index contributed by atoms with van der Waals surface area (Å²) in [6, 6.07) is 18.5. The summed E-state index contributed by atoms with van der Waals surface area (Å²) in [6.07, 6.45) is -5.18.